The second-order valence-electron chi connectivity index (χ2n) is 5.78. The van der Waals surface area contributed by atoms with E-state index >= 15 is 0 Å². The molecule has 1 saturated heterocycles. The molecule has 2 aromatic rings. The third kappa shape index (κ3) is 3.53. The molecule has 3 heterocycles. The Morgan fingerprint density at radius 2 is 2.43 bits per heavy atom. The molecule has 0 radical (unpaired) electrons. The van der Waals surface area contributed by atoms with Crippen LogP contribution in [0.3, 0.4) is 0 Å². The molecule has 1 aliphatic heterocycles. The summed E-state index contributed by atoms with van der Waals surface area (Å²) in [6.45, 7) is 4.78. The molecular formula is C16H21N3OS. The molecule has 0 aromatic carbocycles. The van der Waals surface area contributed by atoms with Crippen LogP contribution in [0.25, 0.3) is 0 Å². The summed E-state index contributed by atoms with van der Waals surface area (Å²) in [4.78, 5) is 18.7. The SMILES string of the molecule is Cc1nccn1CC1CCCN(C(=O)Cc2ccsc2)C1. The van der Waals surface area contributed by atoms with Gasteiger partial charge in [-0.05, 0) is 48.1 Å². The number of nitrogens with zero attached hydrogens (tertiary/aromatic N) is 3. The Labute approximate surface area is 129 Å². The van der Waals surface area contributed by atoms with Gasteiger partial charge in [0.1, 0.15) is 5.82 Å². The number of aryl methyl sites for hydroxylation is 1. The Kier molecular flexibility index (Phi) is 4.39. The van der Waals surface area contributed by atoms with Crippen LogP contribution in [0, 0.1) is 12.8 Å². The van der Waals surface area contributed by atoms with Gasteiger partial charge in [0.25, 0.3) is 0 Å². The molecule has 4 nitrogen and oxygen atoms in total. The summed E-state index contributed by atoms with van der Waals surface area (Å²) in [6.07, 6.45) is 6.72. The van der Waals surface area contributed by atoms with Gasteiger partial charge in [-0.3, -0.25) is 4.79 Å². The number of aromatic nitrogens is 2. The molecule has 1 amide bonds. The minimum absolute atomic E-state index is 0.264. The number of likely N-dealkylation sites (tertiary alicyclic amines) is 1. The van der Waals surface area contributed by atoms with Crippen molar-refractivity contribution >= 4 is 17.2 Å². The van der Waals surface area contributed by atoms with Crippen molar-refractivity contribution in [1.29, 1.82) is 0 Å². The summed E-state index contributed by atoms with van der Waals surface area (Å²) < 4.78 is 2.19. The van der Waals surface area contributed by atoms with Crippen molar-refractivity contribution in [1.82, 2.24) is 14.5 Å². The fourth-order valence-electron chi connectivity index (χ4n) is 3.00. The van der Waals surface area contributed by atoms with Crippen molar-refractivity contribution in [2.24, 2.45) is 5.92 Å². The van der Waals surface area contributed by atoms with Gasteiger partial charge in [0.15, 0.2) is 0 Å². The fourth-order valence-corrected chi connectivity index (χ4v) is 3.66. The quantitative estimate of drug-likeness (QED) is 0.871. The second-order valence-corrected chi connectivity index (χ2v) is 6.56. The number of amides is 1. The maximum absolute atomic E-state index is 12.4. The monoisotopic (exact) mass is 303 g/mol. The molecular weight excluding hydrogens is 282 g/mol. The molecule has 0 aliphatic carbocycles. The van der Waals surface area contributed by atoms with E-state index in [9.17, 15) is 4.79 Å². The topological polar surface area (TPSA) is 38.1 Å². The molecule has 0 bridgehead atoms. The Balaban J connectivity index is 1.57. The van der Waals surface area contributed by atoms with E-state index in [1.807, 2.05) is 35.7 Å². The minimum Gasteiger partial charge on any atom is -0.342 e. The van der Waals surface area contributed by atoms with E-state index in [0.29, 0.717) is 12.3 Å². The first-order chi connectivity index (χ1) is 10.2. The van der Waals surface area contributed by atoms with Crippen LogP contribution in [-0.4, -0.2) is 33.4 Å². The van der Waals surface area contributed by atoms with Gasteiger partial charge in [0.2, 0.25) is 5.91 Å². The Bertz CT molecular complexity index is 590. The van der Waals surface area contributed by atoms with E-state index in [1.54, 1.807) is 11.3 Å². The Hall–Kier alpha value is -1.62. The molecule has 1 unspecified atom stereocenters. The van der Waals surface area contributed by atoms with Crippen LogP contribution in [0.2, 0.25) is 0 Å². The zero-order valence-corrected chi connectivity index (χ0v) is 13.2. The van der Waals surface area contributed by atoms with Gasteiger partial charge in [0, 0.05) is 32.0 Å². The average molecular weight is 303 g/mol. The summed E-state index contributed by atoms with van der Waals surface area (Å²) in [5, 5.41) is 4.09. The zero-order valence-electron chi connectivity index (χ0n) is 12.4. The number of piperidine rings is 1. The predicted octanol–water partition coefficient (Wildman–Crippen LogP) is 2.73. The van der Waals surface area contributed by atoms with Crippen LogP contribution in [0.5, 0.6) is 0 Å². The maximum atomic E-state index is 12.4. The number of hydrogen-bond acceptors (Lipinski definition) is 3. The second kappa shape index (κ2) is 6.43. The van der Waals surface area contributed by atoms with Gasteiger partial charge in [-0.1, -0.05) is 0 Å². The summed E-state index contributed by atoms with van der Waals surface area (Å²) >= 11 is 1.65. The van der Waals surface area contributed by atoms with Crippen molar-refractivity contribution in [3.8, 4) is 0 Å². The summed E-state index contributed by atoms with van der Waals surface area (Å²) in [6, 6.07) is 2.04. The summed E-state index contributed by atoms with van der Waals surface area (Å²) in [5.41, 5.74) is 1.14. The predicted molar refractivity (Wildman–Crippen MR) is 84.3 cm³/mol. The molecule has 0 N–H and O–H groups in total. The van der Waals surface area contributed by atoms with E-state index in [1.165, 1.54) is 6.42 Å². The first kappa shape index (κ1) is 14.3. The molecule has 0 saturated carbocycles. The first-order valence-corrected chi connectivity index (χ1v) is 8.43. The zero-order chi connectivity index (χ0) is 14.7. The minimum atomic E-state index is 0.264. The molecule has 112 valence electrons. The average Bonchev–Trinajstić information content (AvgIpc) is 3.12. The van der Waals surface area contributed by atoms with Gasteiger partial charge in [-0.25, -0.2) is 4.98 Å². The number of carbonyl (C=O) groups excluding carboxylic acids is 1. The summed E-state index contributed by atoms with van der Waals surface area (Å²) in [5.74, 6) is 1.86. The van der Waals surface area contributed by atoms with Crippen LogP contribution in [0.1, 0.15) is 24.2 Å². The normalized spacial score (nSPS) is 18.9. The number of carbonyl (C=O) groups is 1. The smallest absolute Gasteiger partial charge is 0.227 e. The Morgan fingerprint density at radius 3 is 3.14 bits per heavy atom. The summed E-state index contributed by atoms with van der Waals surface area (Å²) in [7, 11) is 0. The number of thiophene rings is 1. The molecule has 1 fully saturated rings. The highest BCUT2D eigenvalue weighted by Crippen LogP contribution is 2.20. The highest BCUT2D eigenvalue weighted by molar-refractivity contribution is 7.07. The number of imidazole rings is 1. The van der Waals surface area contributed by atoms with Crippen LogP contribution in [0.15, 0.2) is 29.2 Å². The van der Waals surface area contributed by atoms with Gasteiger partial charge in [-0.2, -0.15) is 11.3 Å². The van der Waals surface area contributed by atoms with Crippen molar-refractivity contribution in [3.63, 3.8) is 0 Å². The third-order valence-electron chi connectivity index (χ3n) is 4.19. The fraction of sp³-hybridized carbons (Fsp3) is 0.500. The molecule has 1 atom stereocenters. The number of hydrogen-bond donors (Lipinski definition) is 0. The molecule has 1 aliphatic rings. The van der Waals surface area contributed by atoms with Gasteiger partial charge < -0.3 is 9.47 Å². The lowest BCUT2D eigenvalue weighted by Crippen LogP contribution is -2.41. The van der Waals surface area contributed by atoms with Gasteiger partial charge in [-0.15, -0.1) is 0 Å². The van der Waals surface area contributed by atoms with Gasteiger partial charge in [0.05, 0.1) is 6.42 Å². The molecule has 21 heavy (non-hydrogen) atoms. The third-order valence-corrected chi connectivity index (χ3v) is 4.92. The number of rotatable bonds is 4. The molecule has 0 spiro atoms. The van der Waals surface area contributed by atoms with Crippen molar-refractivity contribution < 1.29 is 4.79 Å². The first-order valence-electron chi connectivity index (χ1n) is 7.49. The molecule has 3 rings (SSSR count). The van der Waals surface area contributed by atoms with Crippen molar-refractivity contribution in [2.45, 2.75) is 32.7 Å². The van der Waals surface area contributed by atoms with Crippen molar-refractivity contribution in [2.75, 3.05) is 13.1 Å². The standard InChI is InChI=1S/C16H21N3OS/c1-13-17-5-7-18(13)10-15-3-2-6-19(11-15)16(20)9-14-4-8-21-12-14/h4-5,7-8,12,15H,2-3,6,9-11H2,1H3. The van der Waals surface area contributed by atoms with Gasteiger partial charge >= 0.3 is 0 Å². The largest absolute Gasteiger partial charge is 0.342 e. The molecule has 5 heteroatoms. The van der Waals surface area contributed by atoms with E-state index < -0.39 is 0 Å². The lowest BCUT2D eigenvalue weighted by Gasteiger charge is -2.33. The van der Waals surface area contributed by atoms with Crippen LogP contribution < -0.4 is 0 Å². The van der Waals surface area contributed by atoms with E-state index in [2.05, 4.69) is 14.9 Å². The van der Waals surface area contributed by atoms with Crippen LogP contribution >= 0.6 is 11.3 Å². The van der Waals surface area contributed by atoms with Crippen LogP contribution in [0.4, 0.5) is 0 Å². The van der Waals surface area contributed by atoms with Crippen molar-refractivity contribution in [3.05, 3.63) is 40.6 Å². The lowest BCUT2D eigenvalue weighted by molar-refractivity contribution is -0.132. The Morgan fingerprint density at radius 1 is 1.52 bits per heavy atom. The van der Waals surface area contributed by atoms with Crippen LogP contribution in [-0.2, 0) is 17.8 Å². The van der Waals surface area contributed by atoms with E-state index in [4.69, 9.17) is 0 Å². The lowest BCUT2D eigenvalue weighted by atomic mass is 9.97. The van der Waals surface area contributed by atoms with E-state index in [-0.39, 0.29) is 5.91 Å². The highest BCUT2D eigenvalue weighted by Gasteiger charge is 2.24. The molecule has 2 aromatic heterocycles. The highest BCUT2D eigenvalue weighted by atomic mass is 32.1. The maximum Gasteiger partial charge on any atom is 0.227 e. The van der Waals surface area contributed by atoms with E-state index in [0.717, 1.165) is 37.4 Å².